The highest BCUT2D eigenvalue weighted by Crippen LogP contribution is 2.42. The lowest BCUT2D eigenvalue weighted by atomic mass is 9.90. The normalized spacial score (nSPS) is 17.4. The number of hydrogen-bond acceptors (Lipinski definition) is 5. The van der Waals surface area contributed by atoms with Gasteiger partial charge in [-0.3, -0.25) is 9.52 Å². The van der Waals surface area contributed by atoms with Crippen molar-refractivity contribution < 1.29 is 22.3 Å². The van der Waals surface area contributed by atoms with E-state index in [0.717, 1.165) is 16.8 Å². The van der Waals surface area contributed by atoms with Crippen LogP contribution < -0.4 is 10.0 Å². The number of hydrogen-bond donors (Lipinski definition) is 2. The van der Waals surface area contributed by atoms with Crippen molar-refractivity contribution in [2.45, 2.75) is 51.2 Å². The number of nitrogens with one attached hydrogen (secondary N) is 2. The molecule has 4 rings (SSSR count). The number of ether oxygens (including phenoxy) is 1. The molecule has 1 aliphatic rings. The van der Waals surface area contributed by atoms with Crippen LogP contribution in [-0.2, 0) is 14.8 Å². The van der Waals surface area contributed by atoms with Crippen molar-refractivity contribution in [1.29, 1.82) is 0 Å². The Morgan fingerprint density at radius 1 is 1.11 bits per heavy atom. The maximum absolute atomic E-state index is 13.6. The SMILES string of the molecule is CCO[C@H]1CC(c2ccc(C(=O)C(C)C)cc2)Nc2ccc(S(=O)(=O)Nc3ccc(F)c(C)c3)cc21. The van der Waals surface area contributed by atoms with Gasteiger partial charge in [-0.25, -0.2) is 12.8 Å². The monoisotopic (exact) mass is 510 g/mol. The van der Waals surface area contributed by atoms with Crippen LogP contribution >= 0.6 is 0 Å². The molecular formula is C28H31FN2O4S. The van der Waals surface area contributed by atoms with Crippen molar-refractivity contribution in [3.8, 4) is 0 Å². The summed E-state index contributed by atoms with van der Waals surface area (Å²) in [6.07, 6.45) is 0.295. The van der Waals surface area contributed by atoms with Gasteiger partial charge in [-0.2, -0.15) is 0 Å². The van der Waals surface area contributed by atoms with Crippen molar-refractivity contribution in [2.24, 2.45) is 5.92 Å². The van der Waals surface area contributed by atoms with Crippen LogP contribution in [0, 0.1) is 18.7 Å². The van der Waals surface area contributed by atoms with E-state index in [1.807, 2.05) is 45.0 Å². The summed E-state index contributed by atoms with van der Waals surface area (Å²) in [6.45, 7) is 7.72. The number of aryl methyl sites for hydroxylation is 1. The van der Waals surface area contributed by atoms with E-state index in [1.165, 1.54) is 18.2 Å². The van der Waals surface area contributed by atoms with Gasteiger partial charge in [-0.05, 0) is 61.4 Å². The summed E-state index contributed by atoms with van der Waals surface area (Å²) < 4.78 is 48.3. The van der Waals surface area contributed by atoms with Gasteiger partial charge in [0.1, 0.15) is 5.82 Å². The van der Waals surface area contributed by atoms with E-state index in [1.54, 1.807) is 25.1 Å². The molecule has 190 valence electrons. The Balaban J connectivity index is 1.60. The number of halogens is 1. The van der Waals surface area contributed by atoms with Crippen molar-refractivity contribution in [3.63, 3.8) is 0 Å². The highest BCUT2D eigenvalue weighted by atomic mass is 32.2. The van der Waals surface area contributed by atoms with Gasteiger partial charge in [0.05, 0.1) is 17.0 Å². The second kappa shape index (κ2) is 10.4. The number of ketones is 1. The summed E-state index contributed by atoms with van der Waals surface area (Å²) in [5.41, 5.74) is 3.92. The second-order valence-electron chi connectivity index (χ2n) is 9.34. The molecule has 3 aromatic rings. The van der Waals surface area contributed by atoms with Crippen LogP contribution in [0.3, 0.4) is 0 Å². The summed E-state index contributed by atoms with van der Waals surface area (Å²) in [4.78, 5) is 12.4. The second-order valence-corrected chi connectivity index (χ2v) is 11.0. The molecule has 2 N–H and O–H groups in total. The molecule has 0 aliphatic carbocycles. The topological polar surface area (TPSA) is 84.5 Å². The van der Waals surface area contributed by atoms with Gasteiger partial charge in [0.25, 0.3) is 10.0 Å². The van der Waals surface area contributed by atoms with Gasteiger partial charge in [0.15, 0.2) is 5.78 Å². The third-order valence-electron chi connectivity index (χ3n) is 6.36. The van der Waals surface area contributed by atoms with Crippen LogP contribution in [0.4, 0.5) is 15.8 Å². The van der Waals surface area contributed by atoms with Crippen LogP contribution in [0.2, 0.25) is 0 Å². The van der Waals surface area contributed by atoms with Gasteiger partial charge >= 0.3 is 0 Å². The van der Waals surface area contributed by atoms with Crippen LogP contribution in [0.1, 0.15) is 66.4 Å². The molecule has 1 unspecified atom stereocenters. The van der Waals surface area contributed by atoms with Crippen LogP contribution in [0.5, 0.6) is 0 Å². The average molecular weight is 511 g/mol. The van der Waals surface area contributed by atoms with Crippen molar-refractivity contribution in [3.05, 3.63) is 88.7 Å². The molecule has 0 amide bonds. The molecule has 0 spiro atoms. The third kappa shape index (κ3) is 5.44. The standard InChI is InChI=1S/C28H31FN2O4S/c1-5-35-27-16-26(19-6-8-20(9-7-19)28(32)17(2)3)30-25-13-11-22(15-23(25)27)36(33,34)31-21-10-12-24(29)18(4)14-21/h6-15,17,26-27,30-31H,5,16H2,1-4H3/t26?,27-/m0/s1. The van der Waals surface area contributed by atoms with E-state index in [9.17, 15) is 17.6 Å². The fraction of sp³-hybridized carbons (Fsp3) is 0.321. The predicted octanol–water partition coefficient (Wildman–Crippen LogP) is 6.41. The summed E-state index contributed by atoms with van der Waals surface area (Å²) in [6, 6.07) is 16.6. The molecule has 2 atom stereocenters. The number of rotatable bonds is 8. The Bertz CT molecular complexity index is 1370. The summed E-state index contributed by atoms with van der Waals surface area (Å²) in [7, 11) is -3.89. The molecule has 0 fully saturated rings. The maximum atomic E-state index is 13.6. The van der Waals surface area contributed by atoms with Crippen LogP contribution in [-0.4, -0.2) is 20.8 Å². The minimum absolute atomic E-state index is 0.0555. The number of Topliss-reactive ketones (excluding diaryl/α,β-unsaturated/α-hetero) is 1. The van der Waals surface area contributed by atoms with E-state index in [4.69, 9.17) is 4.74 Å². The number of benzene rings is 3. The quantitative estimate of drug-likeness (QED) is 0.342. The zero-order valence-electron chi connectivity index (χ0n) is 20.8. The van der Waals surface area contributed by atoms with E-state index < -0.39 is 15.8 Å². The van der Waals surface area contributed by atoms with Crippen LogP contribution in [0.15, 0.2) is 65.6 Å². The van der Waals surface area contributed by atoms with Crippen LogP contribution in [0.25, 0.3) is 0 Å². The van der Waals surface area contributed by atoms with E-state index in [-0.39, 0.29) is 28.7 Å². The smallest absolute Gasteiger partial charge is 0.261 e. The number of sulfonamides is 1. The third-order valence-corrected chi connectivity index (χ3v) is 7.74. The molecular weight excluding hydrogens is 479 g/mol. The van der Waals surface area contributed by atoms with Gasteiger partial charge in [-0.1, -0.05) is 38.1 Å². The molecule has 3 aromatic carbocycles. The Labute approximate surface area is 211 Å². The van der Waals surface area contributed by atoms with Crippen molar-refractivity contribution in [1.82, 2.24) is 0 Å². The van der Waals surface area contributed by atoms with Crippen molar-refractivity contribution >= 4 is 27.2 Å². The molecule has 0 saturated heterocycles. The lowest BCUT2D eigenvalue weighted by Gasteiger charge is -2.33. The van der Waals surface area contributed by atoms with E-state index in [0.29, 0.717) is 29.8 Å². The van der Waals surface area contributed by atoms with Gasteiger partial charge < -0.3 is 10.1 Å². The Kier molecular flexibility index (Phi) is 7.47. The zero-order chi connectivity index (χ0) is 26.0. The number of carbonyl (C=O) groups excluding carboxylic acids is 1. The Hall–Kier alpha value is -3.23. The molecule has 8 heteroatoms. The highest BCUT2D eigenvalue weighted by Gasteiger charge is 2.30. The summed E-state index contributed by atoms with van der Waals surface area (Å²) >= 11 is 0. The molecule has 1 aliphatic heterocycles. The Morgan fingerprint density at radius 3 is 2.47 bits per heavy atom. The first kappa shape index (κ1) is 25.9. The van der Waals surface area contributed by atoms with E-state index in [2.05, 4.69) is 10.0 Å². The molecule has 0 saturated carbocycles. The molecule has 0 aromatic heterocycles. The zero-order valence-corrected chi connectivity index (χ0v) is 21.7. The maximum Gasteiger partial charge on any atom is 0.261 e. The minimum atomic E-state index is -3.89. The first-order chi connectivity index (χ1) is 17.1. The lowest BCUT2D eigenvalue weighted by molar-refractivity contribution is 0.0497. The number of anilines is 2. The van der Waals surface area contributed by atoms with E-state index >= 15 is 0 Å². The Morgan fingerprint density at radius 2 is 1.83 bits per heavy atom. The summed E-state index contributed by atoms with van der Waals surface area (Å²) in [5, 5.41) is 3.49. The fourth-order valence-corrected chi connectivity index (χ4v) is 5.49. The molecule has 1 heterocycles. The fourth-order valence-electron chi connectivity index (χ4n) is 4.41. The first-order valence-electron chi connectivity index (χ1n) is 12.0. The number of fused-ring (bicyclic) bond motifs is 1. The number of carbonyl (C=O) groups is 1. The van der Waals surface area contributed by atoms with Crippen molar-refractivity contribution in [2.75, 3.05) is 16.6 Å². The molecule has 0 bridgehead atoms. The molecule has 6 nitrogen and oxygen atoms in total. The van der Waals surface area contributed by atoms with Gasteiger partial charge in [0, 0.05) is 41.4 Å². The van der Waals surface area contributed by atoms with Gasteiger partial charge in [0.2, 0.25) is 0 Å². The summed E-state index contributed by atoms with van der Waals surface area (Å²) in [5.74, 6) is -0.355. The first-order valence-corrected chi connectivity index (χ1v) is 13.5. The lowest BCUT2D eigenvalue weighted by Crippen LogP contribution is -2.24. The average Bonchev–Trinajstić information content (AvgIpc) is 2.85. The minimum Gasteiger partial charge on any atom is -0.378 e. The highest BCUT2D eigenvalue weighted by molar-refractivity contribution is 7.92. The largest absolute Gasteiger partial charge is 0.378 e. The molecule has 0 radical (unpaired) electrons. The predicted molar refractivity (Wildman–Crippen MR) is 139 cm³/mol. The molecule has 36 heavy (non-hydrogen) atoms. The van der Waals surface area contributed by atoms with Gasteiger partial charge in [-0.15, -0.1) is 0 Å².